The number of hydrogen-bond acceptors (Lipinski definition) is 5. The second kappa shape index (κ2) is 8.06. The number of carbonyl (C=O) groups is 1. The number of halogens is 1. The summed E-state index contributed by atoms with van der Waals surface area (Å²) in [6, 6.07) is 5.89. The van der Waals surface area contributed by atoms with Crippen molar-refractivity contribution in [2.24, 2.45) is 0 Å². The molecule has 2 aromatic rings. The van der Waals surface area contributed by atoms with E-state index in [1.807, 2.05) is 19.2 Å². The lowest BCUT2D eigenvalue weighted by atomic mass is 10.4. The van der Waals surface area contributed by atoms with Crippen LogP contribution in [0, 0.1) is 6.92 Å². The summed E-state index contributed by atoms with van der Waals surface area (Å²) in [4.78, 5) is 16.4. The molecular weight excluding hydrogens is 370 g/mol. The molecule has 130 valence electrons. The number of carbonyl (C=O) groups excluding carboxylic acids is 1. The maximum Gasteiger partial charge on any atom is 0.243 e. The highest BCUT2D eigenvalue weighted by Crippen LogP contribution is 2.19. The van der Waals surface area contributed by atoms with Crippen molar-refractivity contribution in [2.45, 2.75) is 25.2 Å². The minimum atomic E-state index is -3.77. The van der Waals surface area contributed by atoms with Gasteiger partial charge in [-0.05, 0) is 37.6 Å². The Morgan fingerprint density at radius 1 is 1.33 bits per heavy atom. The van der Waals surface area contributed by atoms with Crippen LogP contribution in [-0.2, 0) is 14.8 Å². The third-order valence-corrected chi connectivity index (χ3v) is 6.10. The van der Waals surface area contributed by atoms with Crippen molar-refractivity contribution < 1.29 is 13.2 Å². The van der Waals surface area contributed by atoms with Gasteiger partial charge in [-0.25, -0.2) is 13.4 Å². The summed E-state index contributed by atoms with van der Waals surface area (Å²) in [7, 11) is -3.77. The van der Waals surface area contributed by atoms with Crippen LogP contribution >= 0.6 is 22.9 Å². The van der Waals surface area contributed by atoms with Crippen molar-refractivity contribution in [3.8, 4) is 0 Å². The number of thiazole rings is 1. The molecule has 0 aliphatic heterocycles. The average Bonchev–Trinajstić information content (AvgIpc) is 2.92. The highest BCUT2D eigenvalue weighted by Gasteiger charge is 2.26. The predicted octanol–water partition coefficient (Wildman–Crippen LogP) is 3.14. The molecule has 0 saturated heterocycles. The molecule has 1 heterocycles. The van der Waals surface area contributed by atoms with E-state index < -0.39 is 15.9 Å². The van der Waals surface area contributed by atoms with Crippen molar-refractivity contribution in [3.63, 3.8) is 0 Å². The largest absolute Gasteiger partial charge is 0.301 e. The van der Waals surface area contributed by atoms with Crippen LogP contribution in [0.25, 0.3) is 0 Å². The van der Waals surface area contributed by atoms with Gasteiger partial charge in [-0.2, -0.15) is 4.31 Å². The van der Waals surface area contributed by atoms with Crippen LogP contribution in [-0.4, -0.2) is 36.7 Å². The fourth-order valence-electron chi connectivity index (χ4n) is 2.02. The van der Waals surface area contributed by atoms with Gasteiger partial charge in [0, 0.05) is 16.9 Å². The predicted molar refractivity (Wildman–Crippen MR) is 96.0 cm³/mol. The first-order valence-electron chi connectivity index (χ1n) is 7.30. The number of nitrogens with one attached hydrogen (secondary N) is 1. The topological polar surface area (TPSA) is 79.4 Å². The number of anilines is 1. The molecule has 1 amide bonds. The summed E-state index contributed by atoms with van der Waals surface area (Å²) in [5, 5.41) is 5.34. The third kappa shape index (κ3) is 4.76. The Kier molecular flexibility index (Phi) is 6.34. The molecule has 6 nitrogen and oxygen atoms in total. The van der Waals surface area contributed by atoms with Crippen LogP contribution in [0.1, 0.15) is 19.0 Å². The summed E-state index contributed by atoms with van der Waals surface area (Å²) in [5.41, 5.74) is 0.800. The van der Waals surface area contributed by atoms with Gasteiger partial charge >= 0.3 is 0 Å². The molecule has 0 saturated carbocycles. The summed E-state index contributed by atoms with van der Waals surface area (Å²) < 4.78 is 26.6. The molecule has 1 aromatic heterocycles. The third-order valence-electron chi connectivity index (χ3n) is 3.11. The summed E-state index contributed by atoms with van der Waals surface area (Å²) in [5.74, 6) is -0.421. The highest BCUT2D eigenvalue weighted by atomic mass is 35.5. The lowest BCUT2D eigenvalue weighted by Gasteiger charge is -2.21. The van der Waals surface area contributed by atoms with Crippen molar-refractivity contribution in [1.29, 1.82) is 0 Å². The number of aromatic nitrogens is 1. The van der Waals surface area contributed by atoms with Gasteiger partial charge in [0.15, 0.2) is 5.13 Å². The molecule has 0 aliphatic rings. The number of rotatable bonds is 7. The fraction of sp³-hybridized carbons (Fsp3) is 0.333. The molecule has 1 aromatic carbocycles. The van der Waals surface area contributed by atoms with Crippen LogP contribution in [0.2, 0.25) is 5.02 Å². The quantitative estimate of drug-likeness (QED) is 0.791. The fourth-order valence-corrected chi connectivity index (χ4v) is 4.34. The van der Waals surface area contributed by atoms with Crippen LogP contribution in [0.4, 0.5) is 5.13 Å². The Morgan fingerprint density at radius 3 is 2.54 bits per heavy atom. The normalized spacial score (nSPS) is 11.7. The second-order valence-electron chi connectivity index (χ2n) is 5.13. The summed E-state index contributed by atoms with van der Waals surface area (Å²) >= 11 is 7.10. The van der Waals surface area contributed by atoms with E-state index in [0.717, 1.165) is 10.00 Å². The zero-order chi connectivity index (χ0) is 17.7. The molecule has 0 aliphatic carbocycles. The molecular formula is C15H18ClN3O3S2. The SMILES string of the molecule is CCCN(CC(=O)Nc1nc(C)cs1)S(=O)(=O)c1ccc(Cl)cc1. The maximum atomic E-state index is 12.7. The molecule has 9 heteroatoms. The number of hydrogen-bond donors (Lipinski definition) is 1. The standard InChI is InChI=1S/C15H18ClN3O3S2/c1-3-8-19(9-14(20)18-15-17-11(2)10-23-15)24(21,22)13-6-4-12(16)5-7-13/h4-7,10H,3,8-9H2,1-2H3,(H,17,18,20). The molecule has 24 heavy (non-hydrogen) atoms. The number of benzene rings is 1. The Labute approximate surface area is 150 Å². The molecule has 0 spiro atoms. The van der Waals surface area contributed by atoms with E-state index in [2.05, 4.69) is 10.3 Å². The van der Waals surface area contributed by atoms with Gasteiger partial charge in [0.1, 0.15) is 0 Å². The van der Waals surface area contributed by atoms with Crippen molar-refractivity contribution >= 4 is 44.0 Å². The lowest BCUT2D eigenvalue weighted by Crippen LogP contribution is -2.38. The summed E-state index contributed by atoms with van der Waals surface area (Å²) in [6.45, 7) is 3.65. The molecule has 0 unspecified atom stereocenters. The smallest absolute Gasteiger partial charge is 0.243 e. The van der Waals surface area contributed by atoms with Gasteiger partial charge in [-0.1, -0.05) is 18.5 Å². The van der Waals surface area contributed by atoms with Crippen LogP contribution < -0.4 is 5.32 Å². The van der Waals surface area contributed by atoms with Gasteiger partial charge in [0.05, 0.1) is 17.1 Å². The first-order chi connectivity index (χ1) is 11.3. The molecule has 1 N–H and O–H groups in total. The zero-order valence-corrected chi connectivity index (χ0v) is 15.7. The van der Waals surface area contributed by atoms with E-state index in [1.54, 1.807) is 0 Å². The van der Waals surface area contributed by atoms with Crippen LogP contribution in [0.5, 0.6) is 0 Å². The Hall–Kier alpha value is -1.48. The maximum absolute atomic E-state index is 12.7. The van der Waals surface area contributed by atoms with E-state index in [1.165, 1.54) is 35.6 Å². The van der Waals surface area contributed by atoms with Crippen molar-refractivity contribution in [1.82, 2.24) is 9.29 Å². The Bertz CT molecular complexity index is 804. The first kappa shape index (κ1) is 18.9. The van der Waals surface area contributed by atoms with Gasteiger partial charge < -0.3 is 5.32 Å². The number of aryl methyl sites for hydroxylation is 1. The lowest BCUT2D eigenvalue weighted by molar-refractivity contribution is -0.116. The van der Waals surface area contributed by atoms with Gasteiger partial charge in [-0.15, -0.1) is 11.3 Å². The molecule has 0 atom stereocenters. The number of amides is 1. The molecule has 0 radical (unpaired) electrons. The second-order valence-corrected chi connectivity index (χ2v) is 8.37. The monoisotopic (exact) mass is 387 g/mol. The Balaban J connectivity index is 2.15. The van der Waals surface area contributed by atoms with E-state index in [9.17, 15) is 13.2 Å². The van der Waals surface area contributed by atoms with Crippen molar-refractivity contribution in [2.75, 3.05) is 18.4 Å². The van der Waals surface area contributed by atoms with E-state index in [-0.39, 0.29) is 18.0 Å². The van der Waals surface area contributed by atoms with Crippen LogP contribution in [0.3, 0.4) is 0 Å². The van der Waals surface area contributed by atoms with Gasteiger partial charge in [-0.3, -0.25) is 4.79 Å². The van der Waals surface area contributed by atoms with Gasteiger partial charge in [0.25, 0.3) is 0 Å². The average molecular weight is 388 g/mol. The highest BCUT2D eigenvalue weighted by molar-refractivity contribution is 7.89. The van der Waals surface area contributed by atoms with E-state index in [4.69, 9.17) is 11.6 Å². The molecule has 2 rings (SSSR count). The van der Waals surface area contributed by atoms with E-state index >= 15 is 0 Å². The minimum absolute atomic E-state index is 0.109. The number of sulfonamides is 1. The minimum Gasteiger partial charge on any atom is -0.301 e. The van der Waals surface area contributed by atoms with Gasteiger partial charge in [0.2, 0.25) is 15.9 Å². The first-order valence-corrected chi connectivity index (χ1v) is 10.0. The molecule has 0 bridgehead atoms. The zero-order valence-electron chi connectivity index (χ0n) is 13.3. The Morgan fingerprint density at radius 2 is 2.00 bits per heavy atom. The molecule has 0 fully saturated rings. The van der Waals surface area contributed by atoms with E-state index in [0.29, 0.717) is 16.6 Å². The number of nitrogens with zero attached hydrogens (tertiary/aromatic N) is 2. The van der Waals surface area contributed by atoms with Crippen LogP contribution in [0.15, 0.2) is 34.5 Å². The summed E-state index contributed by atoms with van der Waals surface area (Å²) in [6.07, 6.45) is 0.594. The van der Waals surface area contributed by atoms with Crippen molar-refractivity contribution in [3.05, 3.63) is 40.4 Å².